The van der Waals surface area contributed by atoms with Gasteiger partial charge >= 0.3 is 0 Å². The molecule has 0 aliphatic heterocycles. The van der Waals surface area contributed by atoms with Crippen LogP contribution >= 0.6 is 0 Å². The first kappa shape index (κ1) is 12.5. The van der Waals surface area contributed by atoms with Gasteiger partial charge in [0.15, 0.2) is 0 Å². The molecule has 0 aliphatic rings. The lowest BCUT2D eigenvalue weighted by Gasteiger charge is -2.13. The molecular weight excluding hydrogens is 236 g/mol. The van der Waals surface area contributed by atoms with Crippen molar-refractivity contribution in [1.29, 1.82) is 0 Å². The molecule has 0 bridgehead atoms. The molecule has 0 saturated carbocycles. The first-order valence-electron chi connectivity index (χ1n) is 5.75. The van der Waals surface area contributed by atoms with Gasteiger partial charge in [-0.25, -0.2) is 13.8 Å². The van der Waals surface area contributed by atoms with Crippen molar-refractivity contribution in [3.05, 3.63) is 41.7 Å². The van der Waals surface area contributed by atoms with E-state index < -0.39 is 11.6 Å². The maximum Gasteiger partial charge on any atom is 0.207 e. The van der Waals surface area contributed by atoms with Gasteiger partial charge in [0.05, 0.1) is 11.4 Å². The molecule has 3 nitrogen and oxygen atoms in total. The van der Waals surface area contributed by atoms with E-state index in [1.165, 1.54) is 0 Å². The number of hydrogen-bond acceptors (Lipinski definition) is 2. The van der Waals surface area contributed by atoms with Gasteiger partial charge in [-0.3, -0.25) is 0 Å². The Balaban J connectivity index is 2.36. The summed E-state index contributed by atoms with van der Waals surface area (Å²) in [6.45, 7) is 5.84. The molecule has 0 unspecified atom stereocenters. The number of benzene rings is 1. The smallest absolute Gasteiger partial charge is 0.207 e. The van der Waals surface area contributed by atoms with Crippen LogP contribution in [0, 0.1) is 18.6 Å². The number of aryl methyl sites for hydroxylation is 1. The van der Waals surface area contributed by atoms with E-state index in [1.54, 1.807) is 0 Å². The van der Waals surface area contributed by atoms with Crippen molar-refractivity contribution in [1.82, 2.24) is 9.55 Å². The number of hydrogen-bond donors (Lipinski definition) is 1. The van der Waals surface area contributed by atoms with Crippen LogP contribution in [0.2, 0.25) is 0 Å². The summed E-state index contributed by atoms with van der Waals surface area (Å²) in [5.74, 6) is -0.488. The number of rotatable bonds is 3. The van der Waals surface area contributed by atoms with Crippen molar-refractivity contribution >= 4 is 11.6 Å². The second kappa shape index (κ2) is 4.76. The minimum Gasteiger partial charge on any atom is -0.323 e. The van der Waals surface area contributed by atoms with Crippen molar-refractivity contribution in [2.45, 2.75) is 26.8 Å². The molecular formula is C13H15F2N3. The number of anilines is 2. The van der Waals surface area contributed by atoms with E-state index >= 15 is 0 Å². The second-order valence-corrected chi connectivity index (χ2v) is 4.46. The van der Waals surface area contributed by atoms with E-state index in [-0.39, 0.29) is 11.7 Å². The summed E-state index contributed by atoms with van der Waals surface area (Å²) in [6, 6.07) is 3.48. The van der Waals surface area contributed by atoms with Crippen LogP contribution in [0.3, 0.4) is 0 Å². The standard InChI is InChI=1S/C13H15F2N3/c1-8(2)18-7-9(3)16-13(18)17-12-6-10(14)4-5-11(12)15/h4-8H,1-3H3,(H,16,17). The molecule has 1 N–H and O–H groups in total. The van der Waals surface area contributed by atoms with Gasteiger partial charge in [0, 0.05) is 18.3 Å². The maximum absolute atomic E-state index is 13.5. The van der Waals surface area contributed by atoms with Gasteiger partial charge in [-0.05, 0) is 32.9 Å². The Hall–Kier alpha value is -1.91. The molecule has 0 radical (unpaired) electrons. The lowest BCUT2D eigenvalue weighted by atomic mass is 10.3. The zero-order valence-corrected chi connectivity index (χ0v) is 10.5. The van der Waals surface area contributed by atoms with Crippen molar-refractivity contribution < 1.29 is 8.78 Å². The molecule has 1 aromatic heterocycles. The average Bonchev–Trinajstić information content (AvgIpc) is 2.65. The van der Waals surface area contributed by atoms with Crippen LogP contribution in [-0.2, 0) is 0 Å². The highest BCUT2D eigenvalue weighted by Gasteiger charge is 2.11. The van der Waals surface area contributed by atoms with E-state index in [4.69, 9.17) is 0 Å². The number of halogens is 2. The summed E-state index contributed by atoms with van der Waals surface area (Å²) < 4.78 is 28.5. The highest BCUT2D eigenvalue weighted by atomic mass is 19.1. The maximum atomic E-state index is 13.5. The van der Waals surface area contributed by atoms with Crippen molar-refractivity contribution in [3.63, 3.8) is 0 Å². The zero-order valence-electron chi connectivity index (χ0n) is 10.5. The average molecular weight is 251 g/mol. The minimum absolute atomic E-state index is 0.0856. The third-order valence-corrected chi connectivity index (χ3v) is 2.58. The van der Waals surface area contributed by atoms with E-state index in [0.717, 1.165) is 23.9 Å². The van der Waals surface area contributed by atoms with Crippen molar-refractivity contribution in [2.75, 3.05) is 5.32 Å². The van der Waals surface area contributed by atoms with Crippen LogP contribution in [0.1, 0.15) is 25.6 Å². The summed E-state index contributed by atoms with van der Waals surface area (Å²) in [6.07, 6.45) is 1.87. The summed E-state index contributed by atoms with van der Waals surface area (Å²) >= 11 is 0. The largest absolute Gasteiger partial charge is 0.323 e. The summed E-state index contributed by atoms with van der Waals surface area (Å²) in [4.78, 5) is 4.26. The monoisotopic (exact) mass is 251 g/mol. The van der Waals surface area contributed by atoms with Gasteiger partial charge in [0.1, 0.15) is 11.6 Å². The quantitative estimate of drug-likeness (QED) is 0.899. The number of aromatic nitrogens is 2. The van der Waals surface area contributed by atoms with Gasteiger partial charge in [0.2, 0.25) is 5.95 Å². The third kappa shape index (κ3) is 2.50. The molecule has 1 heterocycles. The van der Waals surface area contributed by atoms with Crippen LogP contribution in [0.15, 0.2) is 24.4 Å². The molecule has 2 aromatic rings. The Bertz CT molecular complexity index is 561. The fourth-order valence-corrected chi connectivity index (χ4v) is 1.72. The molecule has 18 heavy (non-hydrogen) atoms. The van der Waals surface area contributed by atoms with E-state index in [1.807, 2.05) is 31.5 Å². The van der Waals surface area contributed by atoms with Crippen LogP contribution in [-0.4, -0.2) is 9.55 Å². The van der Waals surface area contributed by atoms with Gasteiger partial charge in [0.25, 0.3) is 0 Å². The molecule has 0 atom stereocenters. The van der Waals surface area contributed by atoms with Crippen LogP contribution in [0.5, 0.6) is 0 Å². The van der Waals surface area contributed by atoms with E-state index in [2.05, 4.69) is 10.3 Å². The Morgan fingerprint density at radius 1 is 1.28 bits per heavy atom. The highest BCUT2D eigenvalue weighted by molar-refractivity contribution is 5.55. The number of imidazole rings is 1. The van der Waals surface area contributed by atoms with Crippen LogP contribution in [0.25, 0.3) is 0 Å². The predicted molar refractivity (Wildman–Crippen MR) is 67.0 cm³/mol. The van der Waals surface area contributed by atoms with Crippen LogP contribution in [0.4, 0.5) is 20.4 Å². The molecule has 0 fully saturated rings. The van der Waals surface area contributed by atoms with Gasteiger partial charge in [-0.1, -0.05) is 0 Å². The zero-order chi connectivity index (χ0) is 13.3. The second-order valence-electron chi connectivity index (χ2n) is 4.46. The SMILES string of the molecule is Cc1cn(C(C)C)c(Nc2cc(F)ccc2F)n1. The summed E-state index contributed by atoms with van der Waals surface area (Å²) in [5, 5.41) is 2.82. The molecule has 0 aliphatic carbocycles. The lowest BCUT2D eigenvalue weighted by Crippen LogP contribution is -2.06. The van der Waals surface area contributed by atoms with Crippen molar-refractivity contribution in [3.8, 4) is 0 Å². The normalized spacial score (nSPS) is 11.0. The summed E-state index contributed by atoms with van der Waals surface area (Å²) in [7, 11) is 0. The lowest BCUT2D eigenvalue weighted by molar-refractivity contribution is 0.597. The topological polar surface area (TPSA) is 29.9 Å². The van der Waals surface area contributed by atoms with Gasteiger partial charge in [-0.2, -0.15) is 0 Å². The van der Waals surface area contributed by atoms with E-state index in [9.17, 15) is 8.78 Å². The fourth-order valence-electron chi connectivity index (χ4n) is 1.72. The first-order valence-corrected chi connectivity index (χ1v) is 5.75. The number of nitrogens with zero attached hydrogens (tertiary/aromatic N) is 2. The van der Waals surface area contributed by atoms with Gasteiger partial charge in [-0.15, -0.1) is 0 Å². The first-order chi connectivity index (χ1) is 8.47. The third-order valence-electron chi connectivity index (χ3n) is 2.58. The highest BCUT2D eigenvalue weighted by Crippen LogP contribution is 2.22. The molecule has 0 amide bonds. The molecule has 0 saturated heterocycles. The fraction of sp³-hybridized carbons (Fsp3) is 0.308. The summed E-state index contributed by atoms with van der Waals surface area (Å²) in [5.41, 5.74) is 0.908. The molecule has 5 heteroatoms. The Morgan fingerprint density at radius 2 is 2.00 bits per heavy atom. The minimum atomic E-state index is -0.507. The van der Waals surface area contributed by atoms with Crippen LogP contribution < -0.4 is 5.32 Å². The Kier molecular flexibility index (Phi) is 3.32. The molecule has 96 valence electrons. The molecule has 1 aromatic carbocycles. The van der Waals surface area contributed by atoms with E-state index in [0.29, 0.717) is 5.95 Å². The predicted octanol–water partition coefficient (Wildman–Crippen LogP) is 3.79. The Labute approximate surface area is 104 Å². The van der Waals surface area contributed by atoms with Gasteiger partial charge < -0.3 is 9.88 Å². The molecule has 2 rings (SSSR count). The Morgan fingerprint density at radius 3 is 2.67 bits per heavy atom. The number of nitrogens with one attached hydrogen (secondary N) is 1. The van der Waals surface area contributed by atoms with Crippen molar-refractivity contribution in [2.24, 2.45) is 0 Å². The molecule has 0 spiro atoms.